The Balaban J connectivity index is 2.64. The monoisotopic (exact) mass is 213 g/mol. The minimum atomic E-state index is 0.0103. The van der Waals surface area contributed by atoms with Crippen molar-refractivity contribution >= 4 is 5.91 Å². The van der Waals surface area contributed by atoms with Crippen LogP contribution in [0.25, 0.3) is 0 Å². The number of piperazine rings is 1. The molecular formula is C11H23N3O. The quantitative estimate of drug-likeness (QED) is 0.722. The summed E-state index contributed by atoms with van der Waals surface area (Å²) in [4.78, 5) is 16.0. The Morgan fingerprint density at radius 3 is 2.67 bits per heavy atom. The number of carbonyl (C=O) groups excluding carboxylic acids is 1. The summed E-state index contributed by atoms with van der Waals surface area (Å²) in [5.74, 6) is 0.828. The number of amides is 1. The van der Waals surface area contributed by atoms with Gasteiger partial charge in [-0.05, 0) is 18.9 Å². The van der Waals surface area contributed by atoms with Crippen molar-refractivity contribution in [2.45, 2.75) is 26.3 Å². The molecule has 88 valence electrons. The Hall–Kier alpha value is -0.610. The van der Waals surface area contributed by atoms with Crippen LogP contribution in [-0.4, -0.2) is 55.0 Å². The van der Waals surface area contributed by atoms with Crippen molar-refractivity contribution in [3.05, 3.63) is 0 Å². The lowest BCUT2D eigenvalue weighted by atomic mass is 10.1. The third kappa shape index (κ3) is 3.18. The van der Waals surface area contributed by atoms with Crippen molar-refractivity contribution in [1.29, 1.82) is 0 Å². The van der Waals surface area contributed by atoms with Crippen LogP contribution in [0.3, 0.4) is 0 Å². The van der Waals surface area contributed by atoms with E-state index in [9.17, 15) is 4.79 Å². The van der Waals surface area contributed by atoms with Gasteiger partial charge in [0.2, 0.25) is 5.91 Å². The molecule has 0 aromatic rings. The summed E-state index contributed by atoms with van der Waals surface area (Å²) >= 11 is 0. The SMILES string of the molecule is CC(C)CN1CCN(C)C(=O)C1CCN. The van der Waals surface area contributed by atoms with Gasteiger partial charge in [0.15, 0.2) is 0 Å². The van der Waals surface area contributed by atoms with Gasteiger partial charge in [-0.1, -0.05) is 13.8 Å². The number of hydrogen-bond acceptors (Lipinski definition) is 3. The van der Waals surface area contributed by atoms with Crippen LogP contribution >= 0.6 is 0 Å². The zero-order chi connectivity index (χ0) is 11.4. The van der Waals surface area contributed by atoms with E-state index in [0.29, 0.717) is 12.5 Å². The first-order valence-corrected chi connectivity index (χ1v) is 5.75. The highest BCUT2D eigenvalue weighted by Crippen LogP contribution is 2.14. The molecule has 1 aliphatic rings. The van der Waals surface area contributed by atoms with E-state index in [0.717, 1.165) is 26.1 Å². The molecule has 1 saturated heterocycles. The van der Waals surface area contributed by atoms with E-state index in [4.69, 9.17) is 5.73 Å². The standard InChI is InChI=1S/C11H23N3O/c1-9(2)8-14-7-6-13(3)11(15)10(14)4-5-12/h9-10H,4-8,12H2,1-3H3. The fraction of sp³-hybridized carbons (Fsp3) is 0.909. The Morgan fingerprint density at radius 1 is 1.47 bits per heavy atom. The first-order valence-electron chi connectivity index (χ1n) is 5.75. The van der Waals surface area contributed by atoms with Gasteiger partial charge in [-0.15, -0.1) is 0 Å². The topological polar surface area (TPSA) is 49.6 Å². The zero-order valence-corrected chi connectivity index (χ0v) is 10.1. The molecule has 4 nitrogen and oxygen atoms in total. The van der Waals surface area contributed by atoms with E-state index in [1.165, 1.54) is 0 Å². The molecule has 1 amide bonds. The summed E-state index contributed by atoms with van der Waals surface area (Å²) < 4.78 is 0. The predicted molar refractivity (Wildman–Crippen MR) is 61.5 cm³/mol. The molecule has 1 atom stereocenters. The minimum absolute atomic E-state index is 0.0103. The summed E-state index contributed by atoms with van der Waals surface area (Å²) in [6.45, 7) is 7.76. The maximum Gasteiger partial charge on any atom is 0.239 e. The minimum Gasteiger partial charge on any atom is -0.343 e. The summed E-state index contributed by atoms with van der Waals surface area (Å²) in [7, 11) is 1.87. The number of nitrogens with zero attached hydrogens (tertiary/aromatic N) is 2. The molecule has 0 aliphatic carbocycles. The molecule has 1 aliphatic heterocycles. The molecule has 0 radical (unpaired) electrons. The van der Waals surface area contributed by atoms with E-state index in [2.05, 4.69) is 18.7 Å². The van der Waals surface area contributed by atoms with Gasteiger partial charge in [0.1, 0.15) is 0 Å². The van der Waals surface area contributed by atoms with E-state index in [-0.39, 0.29) is 11.9 Å². The lowest BCUT2D eigenvalue weighted by molar-refractivity contribution is -0.140. The van der Waals surface area contributed by atoms with Gasteiger partial charge in [0.25, 0.3) is 0 Å². The van der Waals surface area contributed by atoms with Crippen LogP contribution in [0.1, 0.15) is 20.3 Å². The molecule has 0 bridgehead atoms. The molecular weight excluding hydrogens is 190 g/mol. The Kier molecular flexibility index (Phi) is 4.54. The summed E-state index contributed by atoms with van der Waals surface area (Å²) in [5, 5.41) is 0. The highest BCUT2D eigenvalue weighted by molar-refractivity contribution is 5.82. The van der Waals surface area contributed by atoms with Crippen LogP contribution in [0, 0.1) is 5.92 Å². The normalized spacial score (nSPS) is 23.9. The third-order valence-electron chi connectivity index (χ3n) is 2.86. The van der Waals surface area contributed by atoms with Crippen LogP contribution < -0.4 is 5.73 Å². The van der Waals surface area contributed by atoms with Crippen molar-refractivity contribution in [2.24, 2.45) is 11.7 Å². The molecule has 1 rings (SSSR count). The molecule has 1 unspecified atom stereocenters. The fourth-order valence-corrected chi connectivity index (χ4v) is 2.11. The van der Waals surface area contributed by atoms with E-state index in [1.807, 2.05) is 11.9 Å². The summed E-state index contributed by atoms with van der Waals surface area (Å²) in [6, 6.07) is 0.0103. The van der Waals surface area contributed by atoms with Crippen molar-refractivity contribution in [2.75, 3.05) is 33.2 Å². The highest BCUT2D eigenvalue weighted by atomic mass is 16.2. The number of likely N-dealkylation sites (N-methyl/N-ethyl adjacent to an activating group) is 1. The Morgan fingerprint density at radius 2 is 2.13 bits per heavy atom. The third-order valence-corrected chi connectivity index (χ3v) is 2.86. The van der Waals surface area contributed by atoms with Crippen molar-refractivity contribution in [3.8, 4) is 0 Å². The summed E-state index contributed by atoms with van der Waals surface area (Å²) in [6.07, 6.45) is 0.774. The van der Waals surface area contributed by atoms with Crippen molar-refractivity contribution in [1.82, 2.24) is 9.80 Å². The van der Waals surface area contributed by atoms with E-state index >= 15 is 0 Å². The van der Waals surface area contributed by atoms with E-state index < -0.39 is 0 Å². The van der Waals surface area contributed by atoms with Gasteiger partial charge >= 0.3 is 0 Å². The molecule has 0 aromatic carbocycles. The first-order chi connectivity index (χ1) is 7.06. The highest BCUT2D eigenvalue weighted by Gasteiger charge is 2.32. The van der Waals surface area contributed by atoms with Crippen molar-refractivity contribution in [3.63, 3.8) is 0 Å². The Bertz CT molecular complexity index is 218. The second-order valence-corrected chi connectivity index (χ2v) is 4.74. The van der Waals surface area contributed by atoms with Gasteiger partial charge in [-0.2, -0.15) is 0 Å². The molecule has 1 fully saturated rings. The number of nitrogens with two attached hydrogens (primary N) is 1. The largest absolute Gasteiger partial charge is 0.343 e. The number of rotatable bonds is 4. The van der Waals surface area contributed by atoms with Gasteiger partial charge in [-0.25, -0.2) is 0 Å². The molecule has 2 N–H and O–H groups in total. The second-order valence-electron chi connectivity index (χ2n) is 4.74. The van der Waals surface area contributed by atoms with Crippen LogP contribution in [0.5, 0.6) is 0 Å². The van der Waals surface area contributed by atoms with Gasteiger partial charge < -0.3 is 10.6 Å². The molecule has 1 heterocycles. The maximum absolute atomic E-state index is 11.9. The number of carbonyl (C=O) groups is 1. The lowest BCUT2D eigenvalue weighted by Gasteiger charge is -2.39. The average molecular weight is 213 g/mol. The van der Waals surface area contributed by atoms with Crippen LogP contribution in [0.15, 0.2) is 0 Å². The fourth-order valence-electron chi connectivity index (χ4n) is 2.11. The Labute approximate surface area is 92.4 Å². The van der Waals surface area contributed by atoms with Gasteiger partial charge in [-0.3, -0.25) is 9.69 Å². The summed E-state index contributed by atoms with van der Waals surface area (Å²) in [5.41, 5.74) is 5.56. The molecule has 0 aromatic heterocycles. The molecule has 4 heteroatoms. The van der Waals surface area contributed by atoms with E-state index in [1.54, 1.807) is 0 Å². The molecule has 15 heavy (non-hydrogen) atoms. The predicted octanol–water partition coefficient (Wildman–Crippen LogP) is 0.134. The second kappa shape index (κ2) is 5.47. The van der Waals surface area contributed by atoms with Crippen molar-refractivity contribution < 1.29 is 4.79 Å². The van der Waals surface area contributed by atoms with Gasteiger partial charge in [0, 0.05) is 26.7 Å². The molecule has 0 saturated carbocycles. The zero-order valence-electron chi connectivity index (χ0n) is 10.1. The first kappa shape index (κ1) is 12.5. The smallest absolute Gasteiger partial charge is 0.239 e. The van der Waals surface area contributed by atoms with Crippen LogP contribution in [0.2, 0.25) is 0 Å². The van der Waals surface area contributed by atoms with Gasteiger partial charge in [0.05, 0.1) is 6.04 Å². The maximum atomic E-state index is 11.9. The number of hydrogen-bond donors (Lipinski definition) is 1. The van der Waals surface area contributed by atoms with Crippen LogP contribution in [0.4, 0.5) is 0 Å². The van der Waals surface area contributed by atoms with Crippen LogP contribution in [-0.2, 0) is 4.79 Å². The average Bonchev–Trinajstić information content (AvgIpc) is 2.17. The lowest BCUT2D eigenvalue weighted by Crippen LogP contribution is -2.56. The molecule has 0 spiro atoms.